The number of aryl methyl sites for hydroxylation is 1. The molecule has 2 N–H and O–H groups in total. The van der Waals surface area contributed by atoms with Crippen molar-refractivity contribution in [1.29, 1.82) is 0 Å². The maximum absolute atomic E-state index is 12.2. The molecular formula is C15H13N3O2. The minimum absolute atomic E-state index is 0.212. The Kier molecular flexibility index (Phi) is 4.43. The van der Waals surface area contributed by atoms with E-state index in [-0.39, 0.29) is 12.5 Å². The Hall–Kier alpha value is -2.71. The lowest BCUT2D eigenvalue weighted by Crippen LogP contribution is -2.14. The molecule has 0 fully saturated rings. The lowest BCUT2D eigenvalue weighted by atomic mass is 10.0. The van der Waals surface area contributed by atoms with E-state index in [1.54, 1.807) is 12.1 Å². The number of aliphatic hydroxyl groups excluding tert-OH is 1. The fraction of sp³-hybridized carbons (Fsp3) is 0.133. The van der Waals surface area contributed by atoms with Gasteiger partial charge in [0.15, 0.2) is 0 Å². The van der Waals surface area contributed by atoms with Crippen LogP contribution in [0.3, 0.4) is 0 Å². The van der Waals surface area contributed by atoms with E-state index in [0.29, 0.717) is 16.8 Å². The number of anilines is 1. The minimum Gasteiger partial charge on any atom is -0.384 e. The maximum atomic E-state index is 12.2. The van der Waals surface area contributed by atoms with Crippen LogP contribution in [0.5, 0.6) is 0 Å². The normalized spacial score (nSPS) is 9.50. The molecule has 1 amide bonds. The lowest BCUT2D eigenvalue weighted by Gasteiger charge is -2.07. The monoisotopic (exact) mass is 267 g/mol. The smallest absolute Gasteiger partial charge is 0.256 e. The number of nitrogens with zero attached hydrogens (tertiary/aromatic N) is 2. The first-order chi connectivity index (χ1) is 9.70. The zero-order valence-electron chi connectivity index (χ0n) is 10.9. The molecule has 1 heterocycles. The quantitative estimate of drug-likeness (QED) is 0.806. The molecule has 1 aromatic carbocycles. The van der Waals surface area contributed by atoms with Crippen LogP contribution in [0.1, 0.15) is 21.5 Å². The highest BCUT2D eigenvalue weighted by Gasteiger charge is 2.10. The van der Waals surface area contributed by atoms with Gasteiger partial charge in [-0.3, -0.25) is 4.79 Å². The highest BCUT2D eigenvalue weighted by atomic mass is 16.2. The van der Waals surface area contributed by atoms with Crippen LogP contribution in [0.25, 0.3) is 0 Å². The van der Waals surface area contributed by atoms with E-state index in [0.717, 1.165) is 5.56 Å². The van der Waals surface area contributed by atoms with Crippen molar-refractivity contribution in [1.82, 2.24) is 9.97 Å². The lowest BCUT2D eigenvalue weighted by molar-refractivity contribution is 0.102. The molecule has 5 nitrogen and oxygen atoms in total. The predicted octanol–water partition coefficient (Wildman–Crippen LogP) is 1.38. The number of rotatable bonds is 2. The van der Waals surface area contributed by atoms with E-state index < -0.39 is 0 Å². The molecule has 0 saturated heterocycles. The van der Waals surface area contributed by atoms with Gasteiger partial charge in [-0.05, 0) is 24.6 Å². The van der Waals surface area contributed by atoms with E-state index in [1.165, 1.54) is 18.7 Å². The molecule has 2 rings (SSSR count). The molecule has 2 aromatic rings. The number of aromatic nitrogens is 2. The van der Waals surface area contributed by atoms with Gasteiger partial charge in [0, 0.05) is 11.1 Å². The Morgan fingerprint density at radius 1 is 1.35 bits per heavy atom. The number of amides is 1. The van der Waals surface area contributed by atoms with Gasteiger partial charge in [-0.25, -0.2) is 9.97 Å². The highest BCUT2D eigenvalue weighted by Crippen LogP contribution is 2.13. The largest absolute Gasteiger partial charge is 0.384 e. The Balaban J connectivity index is 2.25. The van der Waals surface area contributed by atoms with E-state index in [2.05, 4.69) is 27.1 Å². The average molecular weight is 267 g/mol. The second kappa shape index (κ2) is 6.45. The summed E-state index contributed by atoms with van der Waals surface area (Å²) in [7, 11) is 0. The van der Waals surface area contributed by atoms with Crippen LogP contribution in [-0.4, -0.2) is 27.6 Å². The number of hydrogen-bond acceptors (Lipinski definition) is 4. The standard InChI is InChI=1S/C15H13N3O2/c1-11-4-5-12(3-2-6-19)7-14(11)15(20)18-13-8-16-10-17-9-13/h4-5,7-10,19H,6H2,1H3,(H,18,20). The van der Waals surface area contributed by atoms with Crippen molar-refractivity contribution in [3.63, 3.8) is 0 Å². The average Bonchev–Trinajstić information content (AvgIpc) is 2.47. The van der Waals surface area contributed by atoms with Gasteiger partial charge in [0.2, 0.25) is 0 Å². The summed E-state index contributed by atoms with van der Waals surface area (Å²) in [6.45, 7) is 1.64. The number of carbonyl (C=O) groups is 1. The van der Waals surface area contributed by atoms with Gasteiger partial charge < -0.3 is 10.4 Å². The van der Waals surface area contributed by atoms with E-state index in [9.17, 15) is 4.79 Å². The molecule has 0 unspecified atom stereocenters. The molecule has 1 aromatic heterocycles. The first kappa shape index (κ1) is 13.7. The summed E-state index contributed by atoms with van der Waals surface area (Å²) in [5, 5.41) is 11.4. The van der Waals surface area contributed by atoms with Crippen LogP contribution in [0.4, 0.5) is 5.69 Å². The van der Waals surface area contributed by atoms with Crippen LogP contribution < -0.4 is 5.32 Å². The number of aliphatic hydroxyl groups is 1. The Morgan fingerprint density at radius 3 is 2.80 bits per heavy atom. The third-order valence-corrected chi connectivity index (χ3v) is 2.61. The first-order valence-corrected chi connectivity index (χ1v) is 5.97. The summed E-state index contributed by atoms with van der Waals surface area (Å²) in [6, 6.07) is 5.31. The Labute approximate surface area is 116 Å². The zero-order chi connectivity index (χ0) is 14.4. The molecule has 0 aliphatic carbocycles. The second-order valence-electron chi connectivity index (χ2n) is 4.07. The van der Waals surface area contributed by atoms with Gasteiger partial charge >= 0.3 is 0 Å². The molecule has 0 aliphatic heterocycles. The Bertz CT molecular complexity index is 673. The SMILES string of the molecule is Cc1ccc(C#CCO)cc1C(=O)Nc1cncnc1. The van der Waals surface area contributed by atoms with Gasteiger partial charge in [0.1, 0.15) is 12.9 Å². The van der Waals surface area contributed by atoms with Gasteiger partial charge in [-0.2, -0.15) is 0 Å². The molecule has 0 saturated carbocycles. The minimum atomic E-state index is -0.245. The van der Waals surface area contributed by atoms with E-state index >= 15 is 0 Å². The fourth-order valence-electron chi connectivity index (χ4n) is 1.65. The number of benzene rings is 1. The molecule has 20 heavy (non-hydrogen) atoms. The van der Waals surface area contributed by atoms with Gasteiger partial charge in [-0.15, -0.1) is 0 Å². The van der Waals surface area contributed by atoms with Crippen LogP contribution in [0.15, 0.2) is 36.9 Å². The number of nitrogens with one attached hydrogen (secondary N) is 1. The van der Waals surface area contributed by atoms with Crippen molar-refractivity contribution < 1.29 is 9.90 Å². The molecule has 0 bridgehead atoms. The predicted molar refractivity (Wildman–Crippen MR) is 75.1 cm³/mol. The van der Waals surface area contributed by atoms with Crippen molar-refractivity contribution in [3.05, 3.63) is 53.6 Å². The van der Waals surface area contributed by atoms with Crippen molar-refractivity contribution >= 4 is 11.6 Å². The zero-order valence-corrected chi connectivity index (χ0v) is 10.9. The molecule has 100 valence electrons. The molecule has 0 radical (unpaired) electrons. The topological polar surface area (TPSA) is 75.1 Å². The third-order valence-electron chi connectivity index (χ3n) is 2.61. The van der Waals surface area contributed by atoms with Crippen LogP contribution >= 0.6 is 0 Å². The molecular weight excluding hydrogens is 254 g/mol. The molecule has 0 atom stereocenters. The van der Waals surface area contributed by atoms with Crippen LogP contribution in [0, 0.1) is 18.8 Å². The molecule has 0 spiro atoms. The highest BCUT2D eigenvalue weighted by molar-refractivity contribution is 6.05. The van der Waals surface area contributed by atoms with Crippen molar-refractivity contribution in [2.24, 2.45) is 0 Å². The van der Waals surface area contributed by atoms with E-state index in [4.69, 9.17) is 5.11 Å². The van der Waals surface area contributed by atoms with Crippen molar-refractivity contribution in [2.45, 2.75) is 6.92 Å². The number of hydrogen-bond donors (Lipinski definition) is 2. The second-order valence-corrected chi connectivity index (χ2v) is 4.07. The molecule has 0 aliphatic rings. The third kappa shape index (κ3) is 3.40. The van der Waals surface area contributed by atoms with Gasteiger partial charge in [0.05, 0.1) is 18.1 Å². The maximum Gasteiger partial charge on any atom is 0.256 e. The summed E-state index contributed by atoms with van der Waals surface area (Å²) >= 11 is 0. The van der Waals surface area contributed by atoms with Gasteiger partial charge in [-0.1, -0.05) is 17.9 Å². The summed E-state index contributed by atoms with van der Waals surface area (Å²) in [5.41, 5.74) is 2.58. The van der Waals surface area contributed by atoms with E-state index in [1.807, 2.05) is 13.0 Å². The van der Waals surface area contributed by atoms with Crippen LogP contribution in [0.2, 0.25) is 0 Å². The van der Waals surface area contributed by atoms with Crippen molar-refractivity contribution in [3.8, 4) is 11.8 Å². The first-order valence-electron chi connectivity index (χ1n) is 5.97. The molecule has 5 heteroatoms. The summed E-state index contributed by atoms with van der Waals surface area (Å²) < 4.78 is 0. The van der Waals surface area contributed by atoms with Crippen LogP contribution in [-0.2, 0) is 0 Å². The number of carbonyl (C=O) groups excluding carboxylic acids is 1. The Morgan fingerprint density at radius 2 is 2.10 bits per heavy atom. The summed E-state index contributed by atoms with van der Waals surface area (Å²) in [6.07, 6.45) is 4.44. The van der Waals surface area contributed by atoms with Crippen molar-refractivity contribution in [2.75, 3.05) is 11.9 Å². The summed E-state index contributed by atoms with van der Waals surface area (Å²) in [4.78, 5) is 19.9. The van der Waals surface area contributed by atoms with Gasteiger partial charge in [0.25, 0.3) is 5.91 Å². The fourth-order valence-corrected chi connectivity index (χ4v) is 1.65. The summed E-state index contributed by atoms with van der Waals surface area (Å²) in [5.74, 6) is 5.08.